The Balaban J connectivity index is 3.84. The Hall–Kier alpha value is -0.830. The van der Waals surface area contributed by atoms with Gasteiger partial charge in [0.25, 0.3) is 0 Å². The molecule has 9 heavy (non-hydrogen) atoms. The SMILES string of the molecule is CN=C/C=C(\N)[C@@H](C)N. The van der Waals surface area contributed by atoms with Gasteiger partial charge < -0.3 is 11.5 Å². The largest absolute Gasteiger partial charge is 0.401 e. The van der Waals surface area contributed by atoms with E-state index < -0.39 is 0 Å². The molecule has 0 radical (unpaired) electrons. The van der Waals surface area contributed by atoms with E-state index >= 15 is 0 Å². The van der Waals surface area contributed by atoms with Crippen LogP contribution in [-0.4, -0.2) is 19.3 Å². The van der Waals surface area contributed by atoms with Crippen LogP contribution < -0.4 is 11.5 Å². The zero-order valence-electron chi connectivity index (χ0n) is 5.83. The summed E-state index contributed by atoms with van der Waals surface area (Å²) in [4.78, 5) is 3.72. The van der Waals surface area contributed by atoms with E-state index in [2.05, 4.69) is 4.99 Å². The Morgan fingerprint density at radius 1 is 1.67 bits per heavy atom. The summed E-state index contributed by atoms with van der Waals surface area (Å²) < 4.78 is 0. The molecule has 0 bridgehead atoms. The molecule has 0 amide bonds. The van der Waals surface area contributed by atoms with E-state index in [1.54, 1.807) is 19.3 Å². The molecule has 1 atom stereocenters. The van der Waals surface area contributed by atoms with Gasteiger partial charge in [0.05, 0.1) is 0 Å². The van der Waals surface area contributed by atoms with Crippen LogP contribution in [0.1, 0.15) is 6.92 Å². The molecule has 0 aliphatic carbocycles. The maximum Gasteiger partial charge on any atom is 0.0414 e. The van der Waals surface area contributed by atoms with Crippen molar-refractivity contribution in [3.8, 4) is 0 Å². The lowest BCUT2D eigenvalue weighted by atomic mass is 10.2. The van der Waals surface area contributed by atoms with Gasteiger partial charge in [-0.2, -0.15) is 0 Å². The number of allylic oxidation sites excluding steroid dienone is 1. The smallest absolute Gasteiger partial charge is 0.0414 e. The lowest BCUT2D eigenvalue weighted by molar-refractivity contribution is 0.849. The first-order valence-electron chi connectivity index (χ1n) is 2.82. The number of rotatable bonds is 2. The second-order valence-corrected chi connectivity index (χ2v) is 1.86. The molecular weight excluding hydrogens is 114 g/mol. The fourth-order valence-electron chi connectivity index (χ4n) is 0.312. The van der Waals surface area contributed by atoms with Crippen LogP contribution in [-0.2, 0) is 0 Å². The summed E-state index contributed by atoms with van der Waals surface area (Å²) in [7, 11) is 1.69. The summed E-state index contributed by atoms with van der Waals surface area (Å²) in [6, 6.07) is -0.0806. The zero-order valence-corrected chi connectivity index (χ0v) is 5.83. The highest BCUT2D eigenvalue weighted by Crippen LogP contribution is 1.85. The molecule has 3 nitrogen and oxygen atoms in total. The average molecular weight is 127 g/mol. The molecule has 0 aliphatic heterocycles. The summed E-state index contributed by atoms with van der Waals surface area (Å²) in [6.07, 6.45) is 3.32. The van der Waals surface area contributed by atoms with Crippen molar-refractivity contribution >= 4 is 6.21 Å². The van der Waals surface area contributed by atoms with Gasteiger partial charge in [0.1, 0.15) is 0 Å². The van der Waals surface area contributed by atoms with E-state index in [0.29, 0.717) is 5.70 Å². The van der Waals surface area contributed by atoms with E-state index in [1.165, 1.54) is 0 Å². The Morgan fingerprint density at radius 3 is 2.56 bits per heavy atom. The third kappa shape index (κ3) is 3.73. The van der Waals surface area contributed by atoms with Gasteiger partial charge >= 0.3 is 0 Å². The van der Waals surface area contributed by atoms with E-state index in [1.807, 2.05) is 6.92 Å². The molecular formula is C6H13N3. The van der Waals surface area contributed by atoms with Crippen molar-refractivity contribution in [3.63, 3.8) is 0 Å². The van der Waals surface area contributed by atoms with Crippen molar-refractivity contribution in [3.05, 3.63) is 11.8 Å². The van der Waals surface area contributed by atoms with Gasteiger partial charge in [0.2, 0.25) is 0 Å². The molecule has 0 aromatic heterocycles. The zero-order chi connectivity index (χ0) is 7.28. The first-order chi connectivity index (χ1) is 4.18. The molecule has 0 saturated heterocycles. The third-order valence-electron chi connectivity index (χ3n) is 0.942. The minimum absolute atomic E-state index is 0.0806. The normalized spacial score (nSPS) is 16.6. The molecule has 0 aromatic rings. The van der Waals surface area contributed by atoms with Crippen LogP contribution in [0.15, 0.2) is 16.8 Å². The van der Waals surface area contributed by atoms with E-state index in [-0.39, 0.29) is 6.04 Å². The predicted octanol–water partition coefficient (Wildman–Crippen LogP) is -0.123. The Kier molecular flexibility index (Phi) is 3.71. The summed E-state index contributed by atoms with van der Waals surface area (Å²) in [5.74, 6) is 0. The summed E-state index contributed by atoms with van der Waals surface area (Å²) >= 11 is 0. The molecule has 0 saturated carbocycles. The van der Waals surface area contributed by atoms with E-state index in [4.69, 9.17) is 11.5 Å². The molecule has 0 spiro atoms. The maximum atomic E-state index is 5.45. The van der Waals surface area contributed by atoms with Gasteiger partial charge in [-0.15, -0.1) is 0 Å². The monoisotopic (exact) mass is 127 g/mol. The molecule has 4 N–H and O–H groups in total. The fraction of sp³-hybridized carbons (Fsp3) is 0.500. The molecule has 0 fully saturated rings. The van der Waals surface area contributed by atoms with Crippen LogP contribution in [0.2, 0.25) is 0 Å². The van der Waals surface area contributed by atoms with Gasteiger partial charge in [0.15, 0.2) is 0 Å². The molecule has 0 rings (SSSR count). The van der Waals surface area contributed by atoms with Crippen LogP contribution in [0.5, 0.6) is 0 Å². The van der Waals surface area contributed by atoms with Gasteiger partial charge in [0, 0.05) is 25.0 Å². The van der Waals surface area contributed by atoms with E-state index in [0.717, 1.165) is 0 Å². The molecule has 0 aromatic carbocycles. The number of nitrogens with zero attached hydrogens (tertiary/aromatic N) is 1. The van der Waals surface area contributed by atoms with Crippen molar-refractivity contribution in [2.45, 2.75) is 13.0 Å². The topological polar surface area (TPSA) is 64.4 Å². The van der Waals surface area contributed by atoms with Crippen molar-refractivity contribution in [2.24, 2.45) is 16.5 Å². The highest BCUT2D eigenvalue weighted by Gasteiger charge is 1.92. The van der Waals surface area contributed by atoms with Gasteiger partial charge in [-0.3, -0.25) is 4.99 Å². The first kappa shape index (κ1) is 8.17. The quantitative estimate of drug-likeness (QED) is 0.508. The maximum absolute atomic E-state index is 5.45. The first-order valence-corrected chi connectivity index (χ1v) is 2.82. The molecule has 0 aliphatic rings. The molecule has 3 heteroatoms. The standard InChI is InChI=1S/C6H13N3/c1-5(7)6(8)3-4-9-2/h3-5H,7-8H2,1-2H3/b6-3-,9-4?/t5-/m1/s1. The van der Waals surface area contributed by atoms with Gasteiger partial charge in [-0.1, -0.05) is 0 Å². The van der Waals surface area contributed by atoms with Crippen molar-refractivity contribution in [1.29, 1.82) is 0 Å². The van der Waals surface area contributed by atoms with Gasteiger partial charge in [-0.25, -0.2) is 0 Å². The second-order valence-electron chi connectivity index (χ2n) is 1.86. The molecule has 52 valence electrons. The van der Waals surface area contributed by atoms with Crippen LogP contribution in [0.3, 0.4) is 0 Å². The lowest BCUT2D eigenvalue weighted by Gasteiger charge is -2.01. The van der Waals surface area contributed by atoms with Crippen molar-refractivity contribution in [1.82, 2.24) is 0 Å². The minimum atomic E-state index is -0.0806. The van der Waals surface area contributed by atoms with Gasteiger partial charge in [-0.05, 0) is 13.0 Å². The molecule has 0 heterocycles. The average Bonchev–Trinajstić information content (AvgIpc) is 1.82. The number of nitrogens with two attached hydrogens (primary N) is 2. The van der Waals surface area contributed by atoms with E-state index in [9.17, 15) is 0 Å². The Bertz CT molecular complexity index is 124. The van der Waals surface area contributed by atoms with Crippen LogP contribution in [0.25, 0.3) is 0 Å². The van der Waals surface area contributed by atoms with Crippen LogP contribution in [0, 0.1) is 0 Å². The van der Waals surface area contributed by atoms with Crippen molar-refractivity contribution in [2.75, 3.05) is 7.05 Å². The Morgan fingerprint density at radius 2 is 2.22 bits per heavy atom. The third-order valence-corrected chi connectivity index (χ3v) is 0.942. The van der Waals surface area contributed by atoms with Crippen molar-refractivity contribution < 1.29 is 0 Å². The number of hydrogen-bond acceptors (Lipinski definition) is 3. The summed E-state index contributed by atoms with van der Waals surface area (Å²) in [5, 5.41) is 0. The van der Waals surface area contributed by atoms with Crippen LogP contribution >= 0.6 is 0 Å². The lowest BCUT2D eigenvalue weighted by Crippen LogP contribution is -2.23. The fourth-order valence-corrected chi connectivity index (χ4v) is 0.312. The van der Waals surface area contributed by atoms with Crippen LogP contribution in [0.4, 0.5) is 0 Å². The summed E-state index contributed by atoms with van der Waals surface area (Å²) in [5.41, 5.74) is 11.5. The highest BCUT2D eigenvalue weighted by atomic mass is 14.7. The number of aliphatic imine (C=N–C) groups is 1. The highest BCUT2D eigenvalue weighted by molar-refractivity contribution is 5.71. The Labute approximate surface area is 55.4 Å². The predicted molar refractivity (Wildman–Crippen MR) is 40.3 cm³/mol. The number of hydrogen-bond donors (Lipinski definition) is 2. The second kappa shape index (κ2) is 4.09. The molecule has 0 unspecified atom stereocenters. The summed E-state index contributed by atoms with van der Waals surface area (Å²) in [6.45, 7) is 1.83. The minimum Gasteiger partial charge on any atom is -0.401 e.